The van der Waals surface area contributed by atoms with Gasteiger partial charge in [-0.15, -0.1) is 0 Å². The first kappa shape index (κ1) is 13.7. The lowest BCUT2D eigenvalue weighted by Crippen LogP contribution is -2.23. The van der Waals surface area contributed by atoms with Crippen molar-refractivity contribution in [2.24, 2.45) is 0 Å². The lowest BCUT2D eigenvalue weighted by Gasteiger charge is -2.08. The molecule has 1 aromatic carbocycles. The highest BCUT2D eigenvalue weighted by atomic mass is 79.9. The maximum absolute atomic E-state index is 13.4. The van der Waals surface area contributed by atoms with Crippen molar-refractivity contribution >= 4 is 21.6 Å². The van der Waals surface area contributed by atoms with E-state index >= 15 is 0 Å². The van der Waals surface area contributed by atoms with Gasteiger partial charge in [0.25, 0.3) is 5.56 Å². The number of anilines is 1. The topological polar surface area (TPSA) is 46.9 Å². The van der Waals surface area contributed by atoms with E-state index in [-0.39, 0.29) is 17.9 Å². The summed E-state index contributed by atoms with van der Waals surface area (Å²) in [5.41, 5.74) is 1.13. The van der Waals surface area contributed by atoms with E-state index in [4.69, 9.17) is 0 Å². The normalized spacial score (nSPS) is 10.5. The van der Waals surface area contributed by atoms with Crippen molar-refractivity contribution in [3.63, 3.8) is 0 Å². The Hall–Kier alpha value is -1.69. The van der Waals surface area contributed by atoms with Gasteiger partial charge < -0.3 is 5.32 Å². The van der Waals surface area contributed by atoms with Gasteiger partial charge in [0.1, 0.15) is 5.82 Å². The second kappa shape index (κ2) is 5.97. The minimum atomic E-state index is -0.352. The fraction of sp³-hybridized carbons (Fsp3) is 0.231. The second-order valence-corrected chi connectivity index (χ2v) is 4.78. The van der Waals surface area contributed by atoms with E-state index in [0.29, 0.717) is 15.7 Å². The maximum Gasteiger partial charge on any atom is 0.269 e. The van der Waals surface area contributed by atoms with Crippen LogP contribution in [0, 0.1) is 5.82 Å². The fourth-order valence-corrected chi connectivity index (χ4v) is 2.07. The molecule has 0 amide bonds. The molecule has 0 aliphatic heterocycles. The standard InChI is InChI=1S/C13H13BrFN3O/c1-2-16-10-6-12(19)18(17-7-10)8-9-4-3-5-11(15)13(9)14/h3-7,16H,2,8H2,1H3. The summed E-state index contributed by atoms with van der Waals surface area (Å²) in [6.07, 6.45) is 1.58. The fourth-order valence-electron chi connectivity index (χ4n) is 1.69. The molecule has 0 unspecified atom stereocenters. The van der Waals surface area contributed by atoms with Gasteiger partial charge in [-0.2, -0.15) is 5.10 Å². The molecule has 0 saturated carbocycles. The van der Waals surface area contributed by atoms with Gasteiger partial charge in [0.2, 0.25) is 0 Å². The molecule has 0 bridgehead atoms. The van der Waals surface area contributed by atoms with E-state index in [1.165, 1.54) is 16.8 Å². The quantitative estimate of drug-likeness (QED) is 0.940. The largest absolute Gasteiger partial charge is 0.384 e. The summed E-state index contributed by atoms with van der Waals surface area (Å²) in [5.74, 6) is -0.352. The first-order valence-electron chi connectivity index (χ1n) is 5.85. The Morgan fingerprint density at radius 2 is 2.26 bits per heavy atom. The van der Waals surface area contributed by atoms with Crippen molar-refractivity contribution in [3.8, 4) is 0 Å². The lowest BCUT2D eigenvalue weighted by atomic mass is 10.2. The highest BCUT2D eigenvalue weighted by molar-refractivity contribution is 9.10. The third-order valence-electron chi connectivity index (χ3n) is 2.60. The molecule has 0 aliphatic carbocycles. The smallest absolute Gasteiger partial charge is 0.269 e. The van der Waals surface area contributed by atoms with Crippen LogP contribution in [-0.4, -0.2) is 16.3 Å². The molecule has 4 nitrogen and oxygen atoms in total. The minimum absolute atomic E-state index is 0.226. The zero-order valence-corrected chi connectivity index (χ0v) is 11.9. The first-order chi connectivity index (χ1) is 9.11. The Morgan fingerprint density at radius 1 is 1.47 bits per heavy atom. The number of rotatable bonds is 4. The van der Waals surface area contributed by atoms with Crippen molar-refractivity contribution in [1.82, 2.24) is 9.78 Å². The summed E-state index contributed by atoms with van der Waals surface area (Å²) >= 11 is 3.17. The van der Waals surface area contributed by atoms with Crippen LogP contribution in [0.3, 0.4) is 0 Å². The molecule has 0 fully saturated rings. The number of hydrogen-bond donors (Lipinski definition) is 1. The van der Waals surface area contributed by atoms with Crippen LogP contribution in [-0.2, 0) is 6.54 Å². The number of nitrogens with zero attached hydrogens (tertiary/aromatic N) is 2. The molecule has 2 rings (SSSR count). The predicted molar refractivity (Wildman–Crippen MR) is 75.9 cm³/mol. The summed E-state index contributed by atoms with van der Waals surface area (Å²) in [7, 11) is 0. The molecule has 0 spiro atoms. The van der Waals surface area contributed by atoms with Gasteiger partial charge in [-0.25, -0.2) is 9.07 Å². The van der Waals surface area contributed by atoms with E-state index in [1.54, 1.807) is 18.3 Å². The van der Waals surface area contributed by atoms with Crippen LogP contribution in [0.25, 0.3) is 0 Å². The van der Waals surface area contributed by atoms with Crippen LogP contribution in [0.15, 0.2) is 39.7 Å². The minimum Gasteiger partial charge on any atom is -0.384 e. The highest BCUT2D eigenvalue weighted by Crippen LogP contribution is 2.20. The highest BCUT2D eigenvalue weighted by Gasteiger charge is 2.07. The molecule has 0 saturated heterocycles. The van der Waals surface area contributed by atoms with Crippen molar-refractivity contribution in [1.29, 1.82) is 0 Å². The molecule has 19 heavy (non-hydrogen) atoms. The number of aromatic nitrogens is 2. The average Bonchev–Trinajstić information content (AvgIpc) is 2.38. The predicted octanol–water partition coefficient (Wildman–Crippen LogP) is 2.63. The summed E-state index contributed by atoms with van der Waals surface area (Å²) in [4.78, 5) is 11.9. The van der Waals surface area contributed by atoms with Gasteiger partial charge >= 0.3 is 0 Å². The van der Waals surface area contributed by atoms with Gasteiger partial charge in [0.05, 0.1) is 22.9 Å². The summed E-state index contributed by atoms with van der Waals surface area (Å²) in [6.45, 7) is 2.89. The maximum atomic E-state index is 13.4. The van der Waals surface area contributed by atoms with Crippen molar-refractivity contribution in [2.45, 2.75) is 13.5 Å². The molecule has 0 atom stereocenters. The van der Waals surface area contributed by atoms with Crippen LogP contribution in [0.4, 0.5) is 10.1 Å². The molecule has 0 aliphatic rings. The number of benzene rings is 1. The lowest BCUT2D eigenvalue weighted by molar-refractivity contribution is 0.603. The summed E-state index contributed by atoms with van der Waals surface area (Å²) in [5, 5.41) is 7.08. The Bertz CT molecular complexity index is 642. The van der Waals surface area contributed by atoms with Gasteiger partial charge in [-0.05, 0) is 34.5 Å². The van der Waals surface area contributed by atoms with Gasteiger partial charge in [-0.3, -0.25) is 4.79 Å². The second-order valence-electron chi connectivity index (χ2n) is 3.98. The van der Waals surface area contributed by atoms with Gasteiger partial charge in [0, 0.05) is 12.6 Å². The molecule has 0 radical (unpaired) electrons. The Morgan fingerprint density at radius 3 is 2.95 bits per heavy atom. The summed E-state index contributed by atoms with van der Waals surface area (Å²) in [6, 6.07) is 6.19. The Balaban J connectivity index is 2.29. The molecule has 1 N–H and O–H groups in total. The van der Waals surface area contributed by atoms with Gasteiger partial charge in [-0.1, -0.05) is 12.1 Å². The van der Waals surface area contributed by atoms with Crippen molar-refractivity contribution in [3.05, 3.63) is 56.7 Å². The van der Waals surface area contributed by atoms with Crippen LogP contribution in [0.1, 0.15) is 12.5 Å². The molecular formula is C13H13BrFN3O. The number of halogens is 2. The van der Waals surface area contributed by atoms with E-state index in [2.05, 4.69) is 26.3 Å². The Labute approximate surface area is 118 Å². The first-order valence-corrected chi connectivity index (χ1v) is 6.65. The zero-order valence-electron chi connectivity index (χ0n) is 10.4. The molecule has 1 aromatic heterocycles. The number of nitrogens with one attached hydrogen (secondary N) is 1. The van der Waals surface area contributed by atoms with Crippen LogP contribution < -0.4 is 10.9 Å². The van der Waals surface area contributed by atoms with E-state index < -0.39 is 0 Å². The Kier molecular flexibility index (Phi) is 4.31. The molecular weight excluding hydrogens is 313 g/mol. The average molecular weight is 326 g/mol. The zero-order chi connectivity index (χ0) is 13.8. The third-order valence-corrected chi connectivity index (χ3v) is 3.49. The molecule has 2 aromatic rings. The summed E-state index contributed by atoms with van der Waals surface area (Å²) < 4.78 is 15.0. The van der Waals surface area contributed by atoms with Gasteiger partial charge in [0.15, 0.2) is 0 Å². The van der Waals surface area contributed by atoms with E-state index in [1.807, 2.05) is 6.92 Å². The monoisotopic (exact) mass is 325 g/mol. The van der Waals surface area contributed by atoms with E-state index in [9.17, 15) is 9.18 Å². The van der Waals surface area contributed by atoms with Crippen LogP contribution in [0.5, 0.6) is 0 Å². The van der Waals surface area contributed by atoms with Crippen LogP contribution in [0.2, 0.25) is 0 Å². The molecule has 1 heterocycles. The third kappa shape index (κ3) is 3.20. The van der Waals surface area contributed by atoms with Crippen molar-refractivity contribution < 1.29 is 4.39 Å². The molecule has 100 valence electrons. The SMILES string of the molecule is CCNc1cnn(Cc2cccc(F)c2Br)c(=O)c1. The number of hydrogen-bond acceptors (Lipinski definition) is 3. The van der Waals surface area contributed by atoms with Crippen molar-refractivity contribution in [2.75, 3.05) is 11.9 Å². The van der Waals surface area contributed by atoms with E-state index in [0.717, 1.165) is 6.54 Å². The molecule has 6 heteroatoms. The van der Waals surface area contributed by atoms with Crippen LogP contribution >= 0.6 is 15.9 Å².